The molecule has 0 aromatic carbocycles. The van der Waals surface area contributed by atoms with Crippen molar-refractivity contribution in [2.45, 2.75) is 18.9 Å². The van der Waals surface area contributed by atoms with Crippen molar-refractivity contribution < 1.29 is 13.9 Å². The number of aliphatic hydroxyl groups is 1. The van der Waals surface area contributed by atoms with E-state index in [4.69, 9.17) is 10.8 Å². The Hall–Kier alpha value is -0.220. The number of aliphatic hydroxyl groups excluding tert-OH is 1. The molecule has 0 bridgehead atoms. The zero-order valence-electron chi connectivity index (χ0n) is 4.35. The van der Waals surface area contributed by atoms with Crippen molar-refractivity contribution in [2.24, 2.45) is 5.73 Å². The summed E-state index contributed by atoms with van der Waals surface area (Å²) in [5.41, 5.74) is 4.94. The molecule has 0 aromatic heterocycles. The summed E-state index contributed by atoms with van der Waals surface area (Å²) >= 11 is 0. The maximum Gasteiger partial charge on any atom is 0.240 e. The van der Waals surface area contributed by atoms with Crippen molar-refractivity contribution in [3.05, 3.63) is 0 Å². The van der Waals surface area contributed by atoms with Crippen LogP contribution < -0.4 is 5.73 Å². The predicted molar refractivity (Wildman–Crippen MR) is 25.7 cm³/mol. The fourth-order valence-corrected chi connectivity index (χ4v) is 0.303. The van der Waals surface area contributed by atoms with Gasteiger partial charge in [0.15, 0.2) is 0 Å². The van der Waals surface area contributed by atoms with Gasteiger partial charge in [-0.2, -0.15) is 0 Å². The average Bonchev–Trinajstić information content (AvgIpc) is 1.65. The number of halogens is 2. The first-order valence-corrected chi connectivity index (χ1v) is 2.31. The second-order valence-electron chi connectivity index (χ2n) is 1.57. The lowest BCUT2D eigenvalue weighted by molar-refractivity contribution is 0.114. The first-order chi connectivity index (χ1) is 3.66. The minimum atomic E-state index is -2.41. The molecule has 0 aromatic rings. The SMILES string of the molecule is NC(CO)CC(F)F. The Labute approximate surface area is 46.3 Å². The molecule has 0 radical (unpaired) electrons. The minimum Gasteiger partial charge on any atom is -0.395 e. The zero-order chi connectivity index (χ0) is 6.57. The molecule has 2 nitrogen and oxygen atoms in total. The summed E-state index contributed by atoms with van der Waals surface area (Å²) in [4.78, 5) is 0. The van der Waals surface area contributed by atoms with E-state index in [1.807, 2.05) is 0 Å². The van der Waals surface area contributed by atoms with Crippen LogP contribution in [0.2, 0.25) is 0 Å². The van der Waals surface area contributed by atoms with Crippen molar-refractivity contribution in [3.8, 4) is 0 Å². The van der Waals surface area contributed by atoms with Gasteiger partial charge in [-0.05, 0) is 0 Å². The lowest BCUT2D eigenvalue weighted by Crippen LogP contribution is -2.26. The molecule has 1 atom stereocenters. The highest BCUT2D eigenvalue weighted by Crippen LogP contribution is 2.00. The van der Waals surface area contributed by atoms with Gasteiger partial charge < -0.3 is 10.8 Å². The van der Waals surface area contributed by atoms with E-state index in [0.717, 1.165) is 0 Å². The van der Waals surface area contributed by atoms with Gasteiger partial charge in [-0.1, -0.05) is 0 Å². The van der Waals surface area contributed by atoms with Crippen molar-refractivity contribution in [2.75, 3.05) is 6.61 Å². The van der Waals surface area contributed by atoms with E-state index >= 15 is 0 Å². The molecule has 3 N–H and O–H groups in total. The Kier molecular flexibility index (Phi) is 3.64. The van der Waals surface area contributed by atoms with E-state index in [1.165, 1.54) is 0 Å². The summed E-state index contributed by atoms with van der Waals surface area (Å²) in [5, 5.41) is 8.13. The zero-order valence-corrected chi connectivity index (χ0v) is 4.35. The number of nitrogens with two attached hydrogens (primary N) is 1. The van der Waals surface area contributed by atoms with Gasteiger partial charge in [0, 0.05) is 12.5 Å². The quantitative estimate of drug-likeness (QED) is 0.556. The molecule has 0 amide bonds. The third-order valence-electron chi connectivity index (χ3n) is 0.715. The Morgan fingerprint density at radius 2 is 2.00 bits per heavy atom. The number of rotatable bonds is 3. The Bertz CT molecular complexity index is 60.0. The minimum absolute atomic E-state index is 0.371. The summed E-state index contributed by atoms with van der Waals surface area (Å²) in [7, 11) is 0. The van der Waals surface area contributed by atoms with Gasteiger partial charge in [0.05, 0.1) is 6.61 Å². The third-order valence-corrected chi connectivity index (χ3v) is 0.715. The van der Waals surface area contributed by atoms with Crippen LogP contribution in [-0.4, -0.2) is 24.2 Å². The molecule has 0 spiro atoms. The molecule has 0 aliphatic carbocycles. The Balaban J connectivity index is 3.10. The molecular formula is C4H9F2NO. The lowest BCUT2D eigenvalue weighted by atomic mass is 10.2. The average molecular weight is 125 g/mol. The maximum absolute atomic E-state index is 11.3. The summed E-state index contributed by atoms with van der Waals surface area (Å²) in [6.45, 7) is -0.371. The smallest absolute Gasteiger partial charge is 0.240 e. The van der Waals surface area contributed by atoms with E-state index in [-0.39, 0.29) is 6.61 Å². The topological polar surface area (TPSA) is 46.2 Å². The molecule has 4 heteroatoms. The largest absolute Gasteiger partial charge is 0.395 e. The first kappa shape index (κ1) is 7.78. The van der Waals surface area contributed by atoms with Crippen LogP contribution in [0.5, 0.6) is 0 Å². The van der Waals surface area contributed by atoms with Crippen LogP contribution in [0.25, 0.3) is 0 Å². The molecule has 0 heterocycles. The summed E-state index contributed by atoms with van der Waals surface area (Å²) in [6, 6.07) is -0.769. The van der Waals surface area contributed by atoms with Crippen molar-refractivity contribution >= 4 is 0 Å². The number of hydrogen-bond donors (Lipinski definition) is 2. The first-order valence-electron chi connectivity index (χ1n) is 2.31. The second-order valence-corrected chi connectivity index (χ2v) is 1.57. The monoisotopic (exact) mass is 125 g/mol. The summed E-state index contributed by atoms with van der Waals surface area (Å²) in [6.07, 6.45) is -2.83. The van der Waals surface area contributed by atoms with Gasteiger partial charge in [-0.15, -0.1) is 0 Å². The molecule has 0 aliphatic rings. The number of hydrogen-bond acceptors (Lipinski definition) is 2. The van der Waals surface area contributed by atoms with Crippen molar-refractivity contribution in [3.63, 3.8) is 0 Å². The summed E-state index contributed by atoms with van der Waals surface area (Å²) < 4.78 is 22.6. The molecular weight excluding hydrogens is 116 g/mol. The molecule has 0 aliphatic heterocycles. The predicted octanol–water partition coefficient (Wildman–Crippen LogP) is -0.0388. The maximum atomic E-state index is 11.3. The van der Waals surface area contributed by atoms with Crippen LogP contribution in [0.15, 0.2) is 0 Å². The van der Waals surface area contributed by atoms with Crippen molar-refractivity contribution in [1.29, 1.82) is 0 Å². The highest BCUT2D eigenvalue weighted by Gasteiger charge is 2.08. The van der Waals surface area contributed by atoms with Crippen LogP contribution in [0.1, 0.15) is 6.42 Å². The second kappa shape index (κ2) is 3.74. The van der Waals surface area contributed by atoms with Crippen LogP contribution in [0.4, 0.5) is 8.78 Å². The molecule has 0 fully saturated rings. The third kappa shape index (κ3) is 3.95. The molecule has 8 heavy (non-hydrogen) atoms. The van der Waals surface area contributed by atoms with E-state index in [9.17, 15) is 8.78 Å². The normalized spacial score (nSPS) is 14.6. The van der Waals surface area contributed by atoms with Crippen LogP contribution in [0, 0.1) is 0 Å². The fourth-order valence-electron chi connectivity index (χ4n) is 0.303. The highest BCUT2D eigenvalue weighted by atomic mass is 19.3. The van der Waals surface area contributed by atoms with Crippen LogP contribution >= 0.6 is 0 Å². The van der Waals surface area contributed by atoms with E-state index in [2.05, 4.69) is 0 Å². The van der Waals surface area contributed by atoms with Gasteiger partial charge in [0.2, 0.25) is 6.43 Å². The van der Waals surface area contributed by atoms with E-state index in [1.54, 1.807) is 0 Å². The molecule has 0 rings (SSSR count). The van der Waals surface area contributed by atoms with Gasteiger partial charge in [0.1, 0.15) is 0 Å². The summed E-state index contributed by atoms with van der Waals surface area (Å²) in [5.74, 6) is 0. The molecule has 0 saturated carbocycles. The van der Waals surface area contributed by atoms with Crippen LogP contribution in [0.3, 0.4) is 0 Å². The van der Waals surface area contributed by atoms with Crippen LogP contribution in [-0.2, 0) is 0 Å². The van der Waals surface area contributed by atoms with Gasteiger partial charge in [-0.25, -0.2) is 8.78 Å². The molecule has 50 valence electrons. The highest BCUT2D eigenvalue weighted by molar-refractivity contribution is 4.58. The molecule has 1 unspecified atom stereocenters. The van der Waals surface area contributed by atoms with Gasteiger partial charge in [0.25, 0.3) is 0 Å². The Morgan fingerprint density at radius 3 is 2.12 bits per heavy atom. The van der Waals surface area contributed by atoms with Crippen molar-refractivity contribution in [1.82, 2.24) is 0 Å². The lowest BCUT2D eigenvalue weighted by Gasteiger charge is -2.04. The van der Waals surface area contributed by atoms with Gasteiger partial charge in [-0.3, -0.25) is 0 Å². The van der Waals surface area contributed by atoms with Gasteiger partial charge >= 0.3 is 0 Å². The Morgan fingerprint density at radius 1 is 1.50 bits per heavy atom. The van der Waals surface area contributed by atoms with E-state index < -0.39 is 18.9 Å². The van der Waals surface area contributed by atoms with E-state index in [0.29, 0.717) is 0 Å². The molecule has 0 saturated heterocycles. The fraction of sp³-hybridized carbons (Fsp3) is 1.00. The number of alkyl halides is 2. The standard InChI is InChI=1S/C4H9F2NO/c5-4(6)1-3(7)2-8/h3-4,8H,1-2,7H2.